The minimum Gasteiger partial charge on any atom is -0.493 e. The Balaban J connectivity index is 1.85. The topological polar surface area (TPSA) is 67.9 Å². The van der Waals surface area contributed by atoms with Crippen LogP contribution in [0.4, 0.5) is 10.1 Å². The van der Waals surface area contributed by atoms with Gasteiger partial charge in [-0.15, -0.1) is 11.8 Å². The summed E-state index contributed by atoms with van der Waals surface area (Å²) in [6, 6.07) is 10.6. The molecule has 0 saturated carbocycles. The first-order valence-corrected chi connectivity index (χ1v) is 9.69. The molecule has 2 aromatic carbocycles. The van der Waals surface area contributed by atoms with Crippen molar-refractivity contribution in [3.63, 3.8) is 0 Å². The highest BCUT2D eigenvalue weighted by atomic mass is 32.2. The van der Waals surface area contributed by atoms with E-state index in [1.54, 1.807) is 31.4 Å². The van der Waals surface area contributed by atoms with E-state index in [1.165, 1.54) is 42.8 Å². The molecule has 0 aliphatic carbocycles. The van der Waals surface area contributed by atoms with Gasteiger partial charge in [0.25, 0.3) is 0 Å². The van der Waals surface area contributed by atoms with Gasteiger partial charge in [0.2, 0.25) is 11.8 Å². The van der Waals surface area contributed by atoms with Gasteiger partial charge in [-0.05, 0) is 29.8 Å². The third-order valence-corrected chi connectivity index (χ3v) is 5.81. The van der Waals surface area contributed by atoms with Crippen molar-refractivity contribution >= 4 is 29.3 Å². The van der Waals surface area contributed by atoms with E-state index in [4.69, 9.17) is 9.47 Å². The van der Waals surface area contributed by atoms with Crippen LogP contribution in [0.3, 0.4) is 0 Å². The summed E-state index contributed by atoms with van der Waals surface area (Å²) < 4.78 is 24.5. The Morgan fingerprint density at radius 2 is 1.86 bits per heavy atom. The summed E-state index contributed by atoms with van der Waals surface area (Å²) >= 11 is 1.47. The maximum Gasteiger partial charge on any atom is 0.248 e. The van der Waals surface area contributed by atoms with E-state index in [0.29, 0.717) is 17.3 Å². The first-order chi connectivity index (χ1) is 13.5. The zero-order valence-corrected chi connectivity index (χ0v) is 16.6. The van der Waals surface area contributed by atoms with E-state index in [0.717, 1.165) is 5.56 Å². The molecule has 6 nitrogen and oxygen atoms in total. The second-order valence-electron chi connectivity index (χ2n) is 6.21. The molecule has 0 aromatic heterocycles. The molecule has 0 unspecified atom stereocenters. The van der Waals surface area contributed by atoms with Crippen molar-refractivity contribution in [2.24, 2.45) is 0 Å². The minimum absolute atomic E-state index is 0.0931. The van der Waals surface area contributed by atoms with Crippen molar-refractivity contribution < 1.29 is 23.5 Å². The van der Waals surface area contributed by atoms with Gasteiger partial charge in [-0.25, -0.2) is 4.39 Å². The van der Waals surface area contributed by atoms with Crippen molar-refractivity contribution in [3.05, 3.63) is 53.8 Å². The van der Waals surface area contributed by atoms with Crippen molar-refractivity contribution in [2.45, 2.75) is 18.3 Å². The fourth-order valence-electron chi connectivity index (χ4n) is 3.13. The molecule has 148 valence electrons. The van der Waals surface area contributed by atoms with Gasteiger partial charge in [-0.3, -0.25) is 9.59 Å². The Kier molecular flexibility index (Phi) is 6.08. The Labute approximate surface area is 167 Å². The Morgan fingerprint density at radius 3 is 2.50 bits per heavy atom. The highest BCUT2D eigenvalue weighted by molar-refractivity contribution is 7.99. The molecule has 1 aliphatic heterocycles. The number of hydrogen-bond donors (Lipinski definition) is 1. The number of ether oxygens (including phenoxy) is 2. The van der Waals surface area contributed by atoms with Gasteiger partial charge < -0.3 is 19.7 Å². The number of benzene rings is 2. The van der Waals surface area contributed by atoms with Gasteiger partial charge in [0.15, 0.2) is 11.5 Å². The largest absolute Gasteiger partial charge is 0.493 e. The van der Waals surface area contributed by atoms with E-state index < -0.39 is 17.8 Å². The molecule has 1 saturated heterocycles. The zero-order valence-electron chi connectivity index (χ0n) is 15.8. The second-order valence-corrected chi connectivity index (χ2v) is 7.32. The highest BCUT2D eigenvalue weighted by Gasteiger charge is 2.41. The number of nitrogens with zero attached hydrogens (tertiary/aromatic N) is 1. The maximum atomic E-state index is 13.9. The van der Waals surface area contributed by atoms with Gasteiger partial charge in [0, 0.05) is 12.7 Å². The Hall–Kier alpha value is -2.74. The van der Waals surface area contributed by atoms with Crippen LogP contribution in [0, 0.1) is 5.82 Å². The number of halogens is 1. The highest BCUT2D eigenvalue weighted by Crippen LogP contribution is 2.43. The molecule has 2 aromatic rings. The van der Waals surface area contributed by atoms with Gasteiger partial charge in [-0.1, -0.05) is 18.2 Å². The summed E-state index contributed by atoms with van der Waals surface area (Å²) in [5.74, 6) is 0.348. The van der Waals surface area contributed by atoms with Gasteiger partial charge in [0.05, 0.1) is 19.9 Å². The lowest BCUT2D eigenvalue weighted by Gasteiger charge is -2.28. The zero-order chi connectivity index (χ0) is 20.3. The fourth-order valence-corrected chi connectivity index (χ4v) is 4.61. The number of carbonyl (C=O) groups excluding carboxylic acids is 2. The summed E-state index contributed by atoms with van der Waals surface area (Å²) in [6.07, 6.45) is 0. The molecule has 1 N–H and O–H groups in total. The van der Waals surface area contributed by atoms with Crippen molar-refractivity contribution in [1.82, 2.24) is 4.90 Å². The lowest BCUT2D eigenvalue weighted by atomic mass is 10.1. The first-order valence-electron chi connectivity index (χ1n) is 8.64. The van der Waals surface area contributed by atoms with Gasteiger partial charge >= 0.3 is 0 Å². The predicted molar refractivity (Wildman–Crippen MR) is 106 cm³/mol. The van der Waals surface area contributed by atoms with Gasteiger partial charge in [-0.2, -0.15) is 0 Å². The van der Waals surface area contributed by atoms with Crippen LogP contribution < -0.4 is 14.8 Å². The van der Waals surface area contributed by atoms with Crippen LogP contribution in [0.2, 0.25) is 0 Å². The normalized spacial score (nSPS) is 18.6. The van der Waals surface area contributed by atoms with E-state index in [-0.39, 0.29) is 17.0 Å². The lowest BCUT2D eigenvalue weighted by molar-refractivity contribution is -0.136. The maximum absolute atomic E-state index is 13.9. The van der Waals surface area contributed by atoms with E-state index in [9.17, 15) is 14.0 Å². The number of anilines is 1. The average molecular weight is 404 g/mol. The molecule has 2 atom stereocenters. The number of para-hydroxylation sites is 1. The lowest BCUT2D eigenvalue weighted by Crippen LogP contribution is -2.44. The molecule has 0 radical (unpaired) electrons. The summed E-state index contributed by atoms with van der Waals surface area (Å²) in [5.41, 5.74) is 0.912. The number of rotatable bonds is 5. The van der Waals surface area contributed by atoms with Crippen molar-refractivity contribution in [3.8, 4) is 11.5 Å². The monoisotopic (exact) mass is 404 g/mol. The first kappa shape index (κ1) is 20.0. The molecule has 0 spiro atoms. The fraction of sp³-hybridized carbons (Fsp3) is 0.300. The number of amides is 2. The predicted octanol–water partition coefficient (Wildman–Crippen LogP) is 3.44. The molecule has 0 bridgehead atoms. The number of thioether (sulfide) groups is 1. The third-order valence-electron chi connectivity index (χ3n) is 4.49. The minimum atomic E-state index is -0.708. The van der Waals surface area contributed by atoms with Crippen LogP contribution in [0.25, 0.3) is 0 Å². The molecule has 1 fully saturated rings. The molecular weight excluding hydrogens is 383 g/mol. The van der Waals surface area contributed by atoms with Crippen LogP contribution in [0.1, 0.15) is 17.9 Å². The summed E-state index contributed by atoms with van der Waals surface area (Å²) in [7, 11) is 3.09. The van der Waals surface area contributed by atoms with E-state index in [2.05, 4.69) is 5.32 Å². The Morgan fingerprint density at radius 1 is 1.14 bits per heavy atom. The van der Waals surface area contributed by atoms with Crippen LogP contribution in [-0.4, -0.2) is 42.7 Å². The van der Waals surface area contributed by atoms with Crippen LogP contribution in [0.5, 0.6) is 11.5 Å². The number of methoxy groups -OCH3 is 2. The van der Waals surface area contributed by atoms with Gasteiger partial charge in [0.1, 0.15) is 17.2 Å². The molecule has 28 heavy (non-hydrogen) atoms. The number of carbonyl (C=O) groups is 2. The average Bonchev–Trinajstić information content (AvgIpc) is 3.14. The summed E-state index contributed by atoms with van der Waals surface area (Å²) in [4.78, 5) is 26.6. The molecule has 3 rings (SSSR count). The van der Waals surface area contributed by atoms with Crippen molar-refractivity contribution in [1.29, 1.82) is 0 Å². The third kappa shape index (κ3) is 3.91. The molecular formula is C20H21FN2O4S. The van der Waals surface area contributed by atoms with Crippen LogP contribution >= 0.6 is 11.8 Å². The summed E-state index contributed by atoms with van der Waals surface area (Å²) in [6.45, 7) is 1.42. The molecule has 2 amide bonds. The Bertz CT molecular complexity index is 892. The van der Waals surface area contributed by atoms with E-state index >= 15 is 0 Å². The van der Waals surface area contributed by atoms with Crippen LogP contribution in [-0.2, 0) is 9.59 Å². The number of nitrogens with one attached hydrogen (secondary N) is 1. The van der Waals surface area contributed by atoms with Crippen molar-refractivity contribution in [2.75, 3.05) is 25.3 Å². The molecule has 1 heterocycles. The summed E-state index contributed by atoms with van der Waals surface area (Å²) in [5, 5.41) is 2.23. The smallest absolute Gasteiger partial charge is 0.248 e. The second kappa shape index (κ2) is 8.52. The molecule has 1 aliphatic rings. The quantitative estimate of drug-likeness (QED) is 0.827. The van der Waals surface area contributed by atoms with Crippen LogP contribution in [0.15, 0.2) is 42.5 Å². The van der Waals surface area contributed by atoms with E-state index in [1.807, 2.05) is 6.07 Å². The SMILES string of the molecule is COc1ccc([C@H]2SC[C@H](C(=O)Nc3ccccc3F)N2C(C)=O)cc1OC. The standard InChI is InChI=1S/C20H21FN2O4S/c1-12(24)23-16(19(25)22-15-7-5-4-6-14(15)21)11-28-20(23)13-8-9-17(26-2)18(10-13)27-3/h4-10,16,20H,11H2,1-3H3,(H,22,25)/t16-,20-/m1/s1. The molecule has 8 heteroatoms. The number of hydrogen-bond acceptors (Lipinski definition) is 5.